The number of carbonyl (C=O) groups is 1. The van der Waals surface area contributed by atoms with E-state index in [1.807, 2.05) is 13.8 Å². The van der Waals surface area contributed by atoms with Crippen LogP contribution in [-0.4, -0.2) is 11.3 Å². The summed E-state index contributed by atoms with van der Waals surface area (Å²) in [5.74, 6) is 0. The molecular formula is C10H16NOS. The molecule has 1 amide bonds. The molecule has 0 aliphatic heterocycles. The fourth-order valence-electron chi connectivity index (χ4n) is 1.16. The summed E-state index contributed by atoms with van der Waals surface area (Å²) < 4.78 is 0. The molecule has 0 aromatic heterocycles. The van der Waals surface area contributed by atoms with E-state index in [0.29, 0.717) is 0 Å². The Kier molecular flexibility index (Phi) is 4.36. The first-order valence-electron chi connectivity index (χ1n) is 4.69. The van der Waals surface area contributed by atoms with E-state index in [4.69, 9.17) is 0 Å². The van der Waals surface area contributed by atoms with Gasteiger partial charge in [0.05, 0.1) is 5.25 Å². The summed E-state index contributed by atoms with van der Waals surface area (Å²) in [5, 5.41) is 4.11. The smallest absolute Gasteiger partial charge is 0.280 e. The number of carbonyl (C=O) groups excluding carboxylic acids is 1. The molecule has 0 aromatic carbocycles. The first-order valence-corrected chi connectivity index (χ1v) is 5.51. The lowest BCUT2D eigenvalue weighted by molar-refractivity contribution is 0.259. The van der Waals surface area contributed by atoms with Crippen LogP contribution in [0.1, 0.15) is 33.1 Å². The number of hydrogen-bond donors (Lipinski definition) is 1. The van der Waals surface area contributed by atoms with Gasteiger partial charge < -0.3 is 5.32 Å². The molecule has 73 valence electrons. The summed E-state index contributed by atoms with van der Waals surface area (Å²) in [5.41, 5.74) is 0. The van der Waals surface area contributed by atoms with Gasteiger partial charge in [-0.2, -0.15) is 0 Å². The van der Waals surface area contributed by atoms with Crippen LogP contribution >= 0.6 is 11.8 Å². The lowest BCUT2D eigenvalue weighted by Crippen LogP contribution is -2.27. The Bertz CT molecular complexity index is 201. The predicted octanol–water partition coefficient (Wildman–Crippen LogP) is 3.11. The van der Waals surface area contributed by atoms with Gasteiger partial charge in [0, 0.05) is 6.04 Å². The summed E-state index contributed by atoms with van der Waals surface area (Å²) >= 11 is 1.33. The highest BCUT2D eigenvalue weighted by atomic mass is 32.2. The average Bonchev–Trinajstić information content (AvgIpc) is 2.04. The largest absolute Gasteiger partial charge is 0.345 e. The second-order valence-electron chi connectivity index (χ2n) is 3.45. The van der Waals surface area contributed by atoms with E-state index in [2.05, 4.69) is 17.5 Å². The molecule has 1 aliphatic carbocycles. The molecule has 0 aromatic rings. The van der Waals surface area contributed by atoms with E-state index in [1.54, 1.807) is 0 Å². The standard InChI is InChI=1S/C10H16NOS/c1-8(2)11-10(12)13-9-6-4-3-5-7-9/h4,6,8H,3,5,7H2,1-2H3,(H,11,12). The zero-order chi connectivity index (χ0) is 9.68. The Labute approximate surface area is 84.2 Å². The molecule has 1 aliphatic rings. The van der Waals surface area contributed by atoms with E-state index in [9.17, 15) is 4.79 Å². The number of rotatable bonds is 2. The molecule has 1 radical (unpaired) electrons. The molecule has 1 rings (SSSR count). The van der Waals surface area contributed by atoms with Crippen molar-refractivity contribution in [2.24, 2.45) is 0 Å². The van der Waals surface area contributed by atoms with E-state index in [0.717, 1.165) is 12.8 Å². The number of nitrogens with one attached hydrogen (secondary N) is 1. The van der Waals surface area contributed by atoms with Crippen molar-refractivity contribution in [2.45, 2.75) is 39.2 Å². The molecule has 1 N–H and O–H groups in total. The van der Waals surface area contributed by atoms with Gasteiger partial charge in [-0.25, -0.2) is 0 Å². The number of thioether (sulfide) groups is 1. The molecule has 0 fully saturated rings. The summed E-state index contributed by atoms with van der Waals surface area (Å²) in [7, 11) is 0. The Hall–Kier alpha value is -0.440. The summed E-state index contributed by atoms with van der Waals surface area (Å²) in [6.07, 6.45) is 7.57. The zero-order valence-corrected chi connectivity index (χ0v) is 8.99. The molecule has 0 bridgehead atoms. The van der Waals surface area contributed by atoms with Gasteiger partial charge in [0.15, 0.2) is 0 Å². The van der Waals surface area contributed by atoms with Crippen LogP contribution in [0, 0.1) is 5.25 Å². The Morgan fingerprint density at radius 2 is 2.38 bits per heavy atom. The molecule has 0 unspecified atom stereocenters. The van der Waals surface area contributed by atoms with Crippen molar-refractivity contribution in [1.29, 1.82) is 0 Å². The van der Waals surface area contributed by atoms with Crippen molar-refractivity contribution < 1.29 is 4.79 Å². The molecule has 0 atom stereocenters. The molecular weight excluding hydrogens is 182 g/mol. The van der Waals surface area contributed by atoms with Crippen LogP contribution in [-0.2, 0) is 0 Å². The number of allylic oxidation sites excluding steroid dienone is 1. The van der Waals surface area contributed by atoms with Crippen LogP contribution in [0.25, 0.3) is 0 Å². The second kappa shape index (κ2) is 5.32. The van der Waals surface area contributed by atoms with Gasteiger partial charge in [0.2, 0.25) is 0 Å². The molecule has 0 heterocycles. The molecule has 0 saturated carbocycles. The van der Waals surface area contributed by atoms with E-state index in [1.165, 1.54) is 23.4 Å². The van der Waals surface area contributed by atoms with Crippen LogP contribution in [0.3, 0.4) is 0 Å². The fourth-order valence-corrected chi connectivity index (χ4v) is 2.10. The summed E-state index contributed by atoms with van der Waals surface area (Å²) in [6, 6.07) is 0.230. The fraction of sp³-hybridized carbons (Fsp3) is 0.600. The van der Waals surface area contributed by atoms with Gasteiger partial charge in [-0.1, -0.05) is 23.9 Å². The second-order valence-corrected chi connectivity index (χ2v) is 4.55. The first kappa shape index (κ1) is 10.6. The average molecular weight is 198 g/mol. The van der Waals surface area contributed by atoms with Gasteiger partial charge in [-0.3, -0.25) is 4.79 Å². The topological polar surface area (TPSA) is 29.1 Å². The normalized spacial score (nSPS) is 17.8. The third kappa shape index (κ3) is 4.36. The minimum Gasteiger partial charge on any atom is -0.345 e. The highest BCUT2D eigenvalue weighted by molar-refractivity contribution is 8.16. The van der Waals surface area contributed by atoms with Crippen molar-refractivity contribution in [3.05, 3.63) is 17.4 Å². The maximum absolute atomic E-state index is 11.3. The maximum atomic E-state index is 11.3. The highest BCUT2D eigenvalue weighted by Crippen LogP contribution is 2.30. The van der Waals surface area contributed by atoms with Gasteiger partial charge in [0.25, 0.3) is 5.24 Å². The van der Waals surface area contributed by atoms with Crippen LogP contribution in [0.2, 0.25) is 0 Å². The summed E-state index contributed by atoms with van der Waals surface area (Å²) in [6.45, 7) is 3.94. The van der Waals surface area contributed by atoms with E-state index < -0.39 is 0 Å². The third-order valence-electron chi connectivity index (χ3n) is 1.73. The van der Waals surface area contributed by atoms with Crippen LogP contribution in [0.4, 0.5) is 4.79 Å². The molecule has 0 spiro atoms. The maximum Gasteiger partial charge on any atom is 0.280 e. The van der Waals surface area contributed by atoms with Gasteiger partial charge >= 0.3 is 0 Å². The molecule has 2 nitrogen and oxygen atoms in total. The minimum absolute atomic E-state index is 0.0663. The van der Waals surface area contributed by atoms with Gasteiger partial charge in [-0.15, -0.1) is 0 Å². The minimum atomic E-state index is 0.0663. The molecule has 0 saturated heterocycles. The lowest BCUT2D eigenvalue weighted by Gasteiger charge is -2.15. The SMILES string of the molecule is CC(C)NC(=O)S[C]1C=CCCC1. The molecule has 13 heavy (non-hydrogen) atoms. The van der Waals surface area contributed by atoms with Gasteiger partial charge in [0.1, 0.15) is 0 Å². The zero-order valence-electron chi connectivity index (χ0n) is 8.17. The number of hydrogen-bond acceptors (Lipinski definition) is 2. The quantitative estimate of drug-likeness (QED) is 0.738. The highest BCUT2D eigenvalue weighted by Gasteiger charge is 2.14. The van der Waals surface area contributed by atoms with Crippen molar-refractivity contribution in [1.82, 2.24) is 5.32 Å². The number of amides is 1. The Morgan fingerprint density at radius 3 is 2.92 bits per heavy atom. The lowest BCUT2D eigenvalue weighted by atomic mass is 10.1. The first-order chi connectivity index (χ1) is 6.18. The third-order valence-corrected chi connectivity index (χ3v) is 2.63. The van der Waals surface area contributed by atoms with Crippen molar-refractivity contribution in [3.63, 3.8) is 0 Å². The van der Waals surface area contributed by atoms with Crippen LogP contribution < -0.4 is 5.32 Å². The van der Waals surface area contributed by atoms with E-state index >= 15 is 0 Å². The Balaban J connectivity index is 2.26. The van der Waals surface area contributed by atoms with Crippen LogP contribution in [0.15, 0.2) is 12.2 Å². The van der Waals surface area contributed by atoms with Crippen molar-refractivity contribution in [3.8, 4) is 0 Å². The van der Waals surface area contributed by atoms with E-state index in [-0.39, 0.29) is 11.3 Å². The van der Waals surface area contributed by atoms with Gasteiger partial charge in [-0.05, 0) is 33.1 Å². The van der Waals surface area contributed by atoms with Crippen LogP contribution in [0.5, 0.6) is 0 Å². The summed E-state index contributed by atoms with van der Waals surface area (Å²) in [4.78, 5) is 11.3. The van der Waals surface area contributed by atoms with Crippen molar-refractivity contribution >= 4 is 17.0 Å². The van der Waals surface area contributed by atoms with Crippen molar-refractivity contribution in [2.75, 3.05) is 0 Å². The monoisotopic (exact) mass is 198 g/mol. The predicted molar refractivity (Wildman–Crippen MR) is 57.5 cm³/mol. The Morgan fingerprint density at radius 1 is 1.62 bits per heavy atom. The molecule has 3 heteroatoms.